The number of nitrogens with two attached hydrogens (primary N) is 1. The van der Waals surface area contributed by atoms with Crippen molar-refractivity contribution in [2.45, 2.75) is 32.2 Å². The van der Waals surface area contributed by atoms with Crippen LogP contribution in [0.15, 0.2) is 0 Å². The molecule has 0 aliphatic heterocycles. The molecule has 1 atom stereocenters. The first kappa shape index (κ1) is 11.0. The zero-order chi connectivity index (χ0) is 10.6. The van der Waals surface area contributed by atoms with Crippen molar-refractivity contribution in [1.82, 2.24) is 10.6 Å². The fraction of sp³-hybridized carbons (Fsp3) is 0.778. The van der Waals surface area contributed by atoms with Crippen LogP contribution in [-0.4, -0.2) is 24.5 Å². The molecule has 3 amide bonds. The summed E-state index contributed by atoms with van der Waals surface area (Å²) in [5, 5.41) is 5.08. The first-order valence-electron chi connectivity index (χ1n) is 4.92. The maximum Gasteiger partial charge on any atom is 0.318 e. The van der Waals surface area contributed by atoms with E-state index in [9.17, 15) is 9.59 Å². The van der Waals surface area contributed by atoms with Gasteiger partial charge in [0.2, 0.25) is 5.91 Å². The Kier molecular flexibility index (Phi) is 3.88. The quantitative estimate of drug-likeness (QED) is 0.594. The Morgan fingerprint density at radius 1 is 1.50 bits per heavy atom. The van der Waals surface area contributed by atoms with Crippen molar-refractivity contribution < 1.29 is 9.59 Å². The zero-order valence-corrected chi connectivity index (χ0v) is 8.38. The zero-order valence-electron chi connectivity index (χ0n) is 8.38. The first-order chi connectivity index (χ1) is 6.59. The van der Waals surface area contributed by atoms with Crippen LogP contribution < -0.4 is 16.4 Å². The van der Waals surface area contributed by atoms with Crippen molar-refractivity contribution >= 4 is 11.9 Å². The molecule has 0 saturated heterocycles. The molecule has 0 radical (unpaired) electrons. The van der Waals surface area contributed by atoms with Crippen LogP contribution in [0.2, 0.25) is 0 Å². The Morgan fingerprint density at radius 2 is 2.14 bits per heavy atom. The van der Waals surface area contributed by atoms with E-state index < -0.39 is 6.03 Å². The molecule has 14 heavy (non-hydrogen) atoms. The van der Waals surface area contributed by atoms with Crippen LogP contribution in [0, 0.1) is 5.92 Å². The van der Waals surface area contributed by atoms with Gasteiger partial charge in [0, 0.05) is 6.04 Å². The van der Waals surface area contributed by atoms with Crippen molar-refractivity contribution in [3.63, 3.8) is 0 Å². The molecule has 0 aromatic heterocycles. The summed E-state index contributed by atoms with van der Waals surface area (Å²) in [6.45, 7) is 2.21. The summed E-state index contributed by atoms with van der Waals surface area (Å²) in [6.07, 6.45) is 3.74. The summed E-state index contributed by atoms with van der Waals surface area (Å²) < 4.78 is 0. The number of amides is 3. The number of rotatable bonds is 4. The van der Waals surface area contributed by atoms with Crippen LogP contribution in [0.3, 0.4) is 0 Å². The third-order valence-electron chi connectivity index (χ3n) is 2.70. The van der Waals surface area contributed by atoms with Gasteiger partial charge in [-0.15, -0.1) is 0 Å². The van der Waals surface area contributed by atoms with Crippen LogP contribution in [0.1, 0.15) is 26.2 Å². The minimum Gasteiger partial charge on any atom is -0.351 e. The molecular formula is C9H17N3O2. The second-order valence-corrected chi connectivity index (χ2v) is 3.77. The van der Waals surface area contributed by atoms with Crippen LogP contribution in [0.25, 0.3) is 0 Å². The van der Waals surface area contributed by atoms with Crippen LogP contribution >= 0.6 is 0 Å². The van der Waals surface area contributed by atoms with Gasteiger partial charge in [-0.3, -0.25) is 10.1 Å². The summed E-state index contributed by atoms with van der Waals surface area (Å²) in [6, 6.07) is -0.463. The molecule has 80 valence electrons. The Hall–Kier alpha value is -1.10. The third kappa shape index (κ3) is 3.33. The average molecular weight is 199 g/mol. The summed E-state index contributed by atoms with van der Waals surface area (Å²) in [5.74, 6) is 0.306. The average Bonchev–Trinajstić information content (AvgIpc) is 1.96. The number of nitrogens with one attached hydrogen (secondary N) is 2. The lowest BCUT2D eigenvalue weighted by Crippen LogP contribution is -2.45. The summed E-state index contributed by atoms with van der Waals surface area (Å²) in [5.41, 5.74) is 4.80. The maximum absolute atomic E-state index is 11.0. The van der Waals surface area contributed by atoms with E-state index in [1.807, 2.05) is 5.32 Å². The summed E-state index contributed by atoms with van der Waals surface area (Å²) in [4.78, 5) is 21.3. The molecule has 0 aromatic carbocycles. The number of primary amides is 1. The standard InChI is InChI=1S/C9H17N3O2/c1-6(7-3-2-4-7)11-5-8(13)12-9(10)14/h6-7,11H,2-5H2,1H3,(H3,10,12,13,14). The van der Waals surface area contributed by atoms with E-state index >= 15 is 0 Å². The normalized spacial score (nSPS) is 18.4. The van der Waals surface area contributed by atoms with Gasteiger partial charge in [0.1, 0.15) is 0 Å². The topological polar surface area (TPSA) is 84.2 Å². The fourth-order valence-electron chi connectivity index (χ4n) is 1.54. The first-order valence-corrected chi connectivity index (χ1v) is 4.92. The van der Waals surface area contributed by atoms with Gasteiger partial charge in [-0.2, -0.15) is 0 Å². The predicted octanol–water partition coefficient (Wildman–Crippen LogP) is -0.0405. The lowest BCUT2D eigenvalue weighted by molar-refractivity contribution is -0.119. The molecule has 1 unspecified atom stereocenters. The van der Waals surface area contributed by atoms with Crippen molar-refractivity contribution in [3.8, 4) is 0 Å². The number of hydrogen-bond acceptors (Lipinski definition) is 3. The second-order valence-electron chi connectivity index (χ2n) is 3.77. The SMILES string of the molecule is CC(NCC(=O)NC(N)=O)C1CCC1. The van der Waals surface area contributed by atoms with Crippen molar-refractivity contribution in [1.29, 1.82) is 0 Å². The van der Waals surface area contributed by atoms with E-state index in [-0.39, 0.29) is 12.5 Å². The molecule has 1 aliphatic rings. The molecule has 0 spiro atoms. The van der Waals surface area contributed by atoms with E-state index in [0.717, 1.165) is 0 Å². The molecule has 0 heterocycles. The second kappa shape index (κ2) is 4.95. The van der Waals surface area contributed by atoms with Gasteiger partial charge < -0.3 is 11.1 Å². The minimum absolute atomic E-state index is 0.153. The number of hydrogen-bond donors (Lipinski definition) is 3. The van der Waals surface area contributed by atoms with Gasteiger partial charge in [0.25, 0.3) is 0 Å². The number of carbonyl (C=O) groups excluding carboxylic acids is 2. The number of imide groups is 1. The van der Waals surface area contributed by atoms with E-state index in [1.54, 1.807) is 0 Å². The lowest BCUT2D eigenvalue weighted by atomic mass is 9.80. The van der Waals surface area contributed by atoms with E-state index in [0.29, 0.717) is 12.0 Å². The van der Waals surface area contributed by atoms with E-state index in [1.165, 1.54) is 19.3 Å². The van der Waals surface area contributed by atoms with Gasteiger partial charge >= 0.3 is 6.03 Å². The predicted molar refractivity (Wildman–Crippen MR) is 52.5 cm³/mol. The van der Waals surface area contributed by atoms with Crippen molar-refractivity contribution in [2.24, 2.45) is 11.7 Å². The van der Waals surface area contributed by atoms with Crippen molar-refractivity contribution in [2.75, 3.05) is 6.54 Å². The molecule has 0 bridgehead atoms. The van der Waals surface area contributed by atoms with Gasteiger partial charge in [-0.05, 0) is 25.7 Å². The van der Waals surface area contributed by atoms with Gasteiger partial charge in [0.15, 0.2) is 0 Å². The van der Waals surface area contributed by atoms with Crippen LogP contribution in [0.4, 0.5) is 4.79 Å². The highest BCUT2D eigenvalue weighted by molar-refractivity contribution is 5.94. The highest BCUT2D eigenvalue weighted by Crippen LogP contribution is 2.29. The monoisotopic (exact) mass is 199 g/mol. The van der Waals surface area contributed by atoms with E-state index in [2.05, 4.69) is 12.2 Å². The Labute approximate surface area is 83.4 Å². The minimum atomic E-state index is -0.798. The number of carbonyl (C=O) groups is 2. The van der Waals surface area contributed by atoms with Gasteiger partial charge in [0.05, 0.1) is 6.54 Å². The third-order valence-corrected chi connectivity index (χ3v) is 2.70. The Morgan fingerprint density at radius 3 is 2.57 bits per heavy atom. The Balaban J connectivity index is 2.12. The van der Waals surface area contributed by atoms with E-state index in [4.69, 9.17) is 5.73 Å². The molecule has 1 saturated carbocycles. The molecule has 1 aliphatic carbocycles. The molecule has 4 N–H and O–H groups in total. The van der Waals surface area contributed by atoms with Gasteiger partial charge in [-0.25, -0.2) is 4.79 Å². The maximum atomic E-state index is 11.0. The molecule has 5 heteroatoms. The summed E-state index contributed by atoms with van der Waals surface area (Å²) >= 11 is 0. The summed E-state index contributed by atoms with van der Waals surface area (Å²) in [7, 11) is 0. The Bertz CT molecular complexity index is 226. The molecule has 1 fully saturated rings. The highest BCUT2D eigenvalue weighted by atomic mass is 16.2. The largest absolute Gasteiger partial charge is 0.351 e. The van der Waals surface area contributed by atoms with Gasteiger partial charge in [-0.1, -0.05) is 6.42 Å². The van der Waals surface area contributed by atoms with Crippen LogP contribution in [0.5, 0.6) is 0 Å². The fourth-order valence-corrected chi connectivity index (χ4v) is 1.54. The number of urea groups is 1. The molecule has 5 nitrogen and oxygen atoms in total. The highest BCUT2D eigenvalue weighted by Gasteiger charge is 2.23. The lowest BCUT2D eigenvalue weighted by Gasteiger charge is -2.31. The van der Waals surface area contributed by atoms with Crippen LogP contribution in [-0.2, 0) is 4.79 Å². The molecule has 1 rings (SSSR count). The smallest absolute Gasteiger partial charge is 0.318 e. The molecular weight excluding hydrogens is 182 g/mol. The molecule has 0 aromatic rings. The van der Waals surface area contributed by atoms with Crippen molar-refractivity contribution in [3.05, 3.63) is 0 Å².